The lowest BCUT2D eigenvalue weighted by molar-refractivity contribution is 0.616. The topological polar surface area (TPSA) is 0 Å². The van der Waals surface area contributed by atoms with E-state index in [1.807, 2.05) is 13.8 Å². The molecule has 0 spiro atoms. The van der Waals surface area contributed by atoms with E-state index in [0.29, 0.717) is 5.92 Å². The van der Waals surface area contributed by atoms with Gasteiger partial charge in [0.15, 0.2) is 0 Å². The van der Waals surface area contributed by atoms with Gasteiger partial charge in [-0.2, -0.15) is 0 Å². The van der Waals surface area contributed by atoms with Crippen LogP contribution >= 0.6 is 0 Å². The molecular weight excluding hydrogens is 204 g/mol. The molecule has 0 saturated heterocycles. The summed E-state index contributed by atoms with van der Waals surface area (Å²) >= 11 is 0. The predicted octanol–water partition coefficient (Wildman–Crippen LogP) is 5.60. The van der Waals surface area contributed by atoms with Gasteiger partial charge in [0, 0.05) is 11.5 Å². The molecule has 0 heterocycles. The summed E-state index contributed by atoms with van der Waals surface area (Å²) in [5, 5.41) is 0. The number of allylic oxidation sites excluding steroid dienone is 6. The van der Waals surface area contributed by atoms with Gasteiger partial charge >= 0.3 is 0 Å². The molecule has 0 radical (unpaired) electrons. The van der Waals surface area contributed by atoms with Gasteiger partial charge in [-0.05, 0) is 44.8 Å². The van der Waals surface area contributed by atoms with Crippen LogP contribution in [0.1, 0.15) is 47.5 Å². The normalized spacial score (nSPS) is 24.1. The molecule has 1 aliphatic rings. The van der Waals surface area contributed by atoms with E-state index in [9.17, 15) is 0 Å². The maximum Gasteiger partial charge on any atom is 0.00489 e. The van der Waals surface area contributed by atoms with Crippen LogP contribution in [0.5, 0.6) is 0 Å². The molecule has 94 valence electrons. The highest BCUT2D eigenvalue weighted by Crippen LogP contribution is 2.40. The van der Waals surface area contributed by atoms with E-state index >= 15 is 0 Å². The van der Waals surface area contributed by atoms with Crippen molar-refractivity contribution in [2.24, 2.45) is 5.92 Å². The van der Waals surface area contributed by atoms with E-state index in [-0.39, 0.29) is 0 Å². The molecule has 0 heteroatoms. The average molecular weight is 230 g/mol. The van der Waals surface area contributed by atoms with Gasteiger partial charge in [-0.25, -0.2) is 0 Å². The Morgan fingerprint density at radius 1 is 1.29 bits per heavy atom. The molecule has 1 aliphatic carbocycles. The molecule has 0 N–H and O–H groups in total. The Bertz CT molecular complexity index is 371. The first-order chi connectivity index (χ1) is 8.15. The molecule has 0 aromatic rings. The zero-order valence-corrected chi connectivity index (χ0v) is 12.1. The molecular formula is C17H26. The van der Waals surface area contributed by atoms with Crippen LogP contribution < -0.4 is 0 Å². The lowest BCUT2D eigenvalue weighted by atomic mass is 9.75. The van der Waals surface area contributed by atoms with E-state index in [4.69, 9.17) is 0 Å². The van der Waals surface area contributed by atoms with Crippen LogP contribution in [0.25, 0.3) is 0 Å². The third kappa shape index (κ3) is 3.61. The van der Waals surface area contributed by atoms with Crippen molar-refractivity contribution in [1.29, 1.82) is 0 Å². The van der Waals surface area contributed by atoms with Crippen molar-refractivity contribution in [2.75, 3.05) is 0 Å². The summed E-state index contributed by atoms with van der Waals surface area (Å²) in [4.78, 5) is 0. The monoisotopic (exact) mass is 230 g/mol. The Kier molecular flexibility index (Phi) is 7.34. The van der Waals surface area contributed by atoms with E-state index in [1.165, 1.54) is 22.3 Å². The molecule has 0 nitrogen and oxygen atoms in total. The van der Waals surface area contributed by atoms with Gasteiger partial charge in [0.2, 0.25) is 0 Å². The van der Waals surface area contributed by atoms with Crippen LogP contribution in [-0.2, 0) is 0 Å². The van der Waals surface area contributed by atoms with Crippen molar-refractivity contribution < 1.29 is 0 Å². The molecule has 1 fully saturated rings. The summed E-state index contributed by atoms with van der Waals surface area (Å²) in [7, 11) is 0. The minimum atomic E-state index is 0.512. The second-order valence-corrected chi connectivity index (χ2v) is 4.04. The first-order valence-electron chi connectivity index (χ1n) is 6.53. The van der Waals surface area contributed by atoms with Gasteiger partial charge in [0.25, 0.3) is 0 Å². The van der Waals surface area contributed by atoms with Gasteiger partial charge < -0.3 is 0 Å². The van der Waals surface area contributed by atoms with Crippen LogP contribution in [0.15, 0.2) is 53.3 Å². The van der Waals surface area contributed by atoms with Gasteiger partial charge in [-0.3, -0.25) is 0 Å². The van der Waals surface area contributed by atoms with Crippen molar-refractivity contribution in [3.05, 3.63) is 53.3 Å². The quantitative estimate of drug-likeness (QED) is 0.406. The van der Waals surface area contributed by atoms with Crippen molar-refractivity contribution in [3.63, 3.8) is 0 Å². The fraction of sp³-hybridized carbons (Fsp3) is 0.471. The van der Waals surface area contributed by atoms with E-state index < -0.39 is 0 Å². The van der Waals surface area contributed by atoms with Crippen LogP contribution in [0.2, 0.25) is 0 Å². The van der Waals surface area contributed by atoms with E-state index in [1.54, 1.807) is 0 Å². The molecule has 0 aromatic carbocycles. The first-order valence-corrected chi connectivity index (χ1v) is 6.53. The highest BCUT2D eigenvalue weighted by atomic mass is 14.3. The van der Waals surface area contributed by atoms with Crippen molar-refractivity contribution in [2.45, 2.75) is 47.5 Å². The Hall–Kier alpha value is -1.26. The second-order valence-electron chi connectivity index (χ2n) is 4.04. The minimum absolute atomic E-state index is 0.512. The summed E-state index contributed by atoms with van der Waals surface area (Å²) in [6.07, 6.45) is 6.57. The summed E-state index contributed by atoms with van der Waals surface area (Å²) in [5.74, 6) is 0.512. The summed E-state index contributed by atoms with van der Waals surface area (Å²) in [6, 6.07) is 0. The standard InChI is InChI=1S/C15H20.C2H6/c1-6-12-9-10-15(11(4)5)14(8-3)13(12)7-2;1-2/h7-8,15H,1,4,9-10H2,2-3,5H3;1-2H3/b13-7-,14-8+;. The maximum atomic E-state index is 4.08. The molecule has 1 saturated carbocycles. The van der Waals surface area contributed by atoms with Crippen molar-refractivity contribution >= 4 is 0 Å². The van der Waals surface area contributed by atoms with Gasteiger partial charge in [0.05, 0.1) is 0 Å². The molecule has 1 rings (SSSR count). The third-order valence-electron chi connectivity index (χ3n) is 3.10. The Morgan fingerprint density at radius 3 is 2.24 bits per heavy atom. The highest BCUT2D eigenvalue weighted by Gasteiger charge is 2.25. The molecule has 0 bridgehead atoms. The fourth-order valence-corrected chi connectivity index (χ4v) is 2.33. The first kappa shape index (κ1) is 15.7. The molecule has 0 aliphatic heterocycles. The summed E-state index contributed by atoms with van der Waals surface area (Å²) < 4.78 is 0. The molecule has 0 aromatic heterocycles. The molecule has 1 unspecified atom stereocenters. The van der Waals surface area contributed by atoms with Gasteiger partial charge in [0.1, 0.15) is 0 Å². The Morgan fingerprint density at radius 2 is 1.88 bits per heavy atom. The molecule has 1 atom stereocenters. The zero-order chi connectivity index (χ0) is 13.4. The minimum Gasteiger partial charge on any atom is -0.125 e. The lowest BCUT2D eigenvalue weighted by Crippen LogP contribution is -2.15. The Balaban J connectivity index is 0.00000121. The fourth-order valence-electron chi connectivity index (χ4n) is 2.33. The number of rotatable bonds is 1. The third-order valence-corrected chi connectivity index (χ3v) is 3.10. The predicted molar refractivity (Wildman–Crippen MR) is 79.1 cm³/mol. The van der Waals surface area contributed by atoms with Crippen molar-refractivity contribution in [1.82, 2.24) is 0 Å². The number of hydrogen-bond donors (Lipinski definition) is 0. The van der Waals surface area contributed by atoms with E-state index in [2.05, 4.69) is 51.8 Å². The summed E-state index contributed by atoms with van der Waals surface area (Å²) in [5.41, 5.74) is 8.27. The maximum absolute atomic E-state index is 4.08. The summed E-state index contributed by atoms with van der Waals surface area (Å²) in [6.45, 7) is 18.1. The van der Waals surface area contributed by atoms with Gasteiger partial charge in [-0.15, -0.1) is 5.73 Å². The Labute approximate surface area is 107 Å². The molecule has 0 amide bonds. The van der Waals surface area contributed by atoms with E-state index in [0.717, 1.165) is 12.8 Å². The number of hydrogen-bond acceptors (Lipinski definition) is 0. The van der Waals surface area contributed by atoms with Crippen LogP contribution in [0, 0.1) is 5.92 Å². The molecule has 17 heavy (non-hydrogen) atoms. The SMILES string of the molecule is C=C=C1CCC(C(=C)C)C(=C/C)/C1=C\C.CC. The average Bonchev–Trinajstić information content (AvgIpc) is 2.38. The largest absolute Gasteiger partial charge is 0.125 e. The highest BCUT2D eigenvalue weighted by molar-refractivity contribution is 5.51. The lowest BCUT2D eigenvalue weighted by Gasteiger charge is -2.29. The van der Waals surface area contributed by atoms with Gasteiger partial charge in [-0.1, -0.05) is 44.7 Å². The van der Waals surface area contributed by atoms with Crippen LogP contribution in [0.3, 0.4) is 0 Å². The zero-order valence-electron chi connectivity index (χ0n) is 12.1. The van der Waals surface area contributed by atoms with Crippen molar-refractivity contribution in [3.8, 4) is 0 Å². The smallest absolute Gasteiger partial charge is 0.00489 e. The second kappa shape index (κ2) is 7.92. The van der Waals surface area contributed by atoms with Crippen LogP contribution in [0.4, 0.5) is 0 Å². The van der Waals surface area contributed by atoms with Crippen LogP contribution in [-0.4, -0.2) is 0 Å².